The average molecular weight is 357 g/mol. The molecule has 2 aliphatic rings. The first-order valence-electron chi connectivity index (χ1n) is 8.40. The minimum atomic E-state index is -0.218. The number of amides is 1. The van der Waals surface area contributed by atoms with E-state index in [1.807, 2.05) is 25.1 Å². The zero-order chi connectivity index (χ0) is 17.9. The van der Waals surface area contributed by atoms with Gasteiger partial charge in [-0.3, -0.25) is 4.79 Å². The van der Waals surface area contributed by atoms with Crippen molar-refractivity contribution in [3.05, 3.63) is 42.0 Å². The quantitative estimate of drug-likeness (QED) is 0.886. The maximum atomic E-state index is 12.2. The molecule has 0 radical (unpaired) electrons. The van der Waals surface area contributed by atoms with Gasteiger partial charge < -0.3 is 29.0 Å². The maximum absolute atomic E-state index is 12.2. The zero-order valence-electron chi connectivity index (χ0n) is 14.3. The Kier molecular flexibility index (Phi) is 4.43. The summed E-state index contributed by atoms with van der Waals surface area (Å²) in [6.07, 6.45) is 0. The number of carbonyl (C=O) groups excluding carboxylic acids is 1. The third-order valence-electron chi connectivity index (χ3n) is 4.16. The molecular weight excluding hydrogens is 338 g/mol. The third-order valence-corrected chi connectivity index (χ3v) is 4.16. The first-order valence-corrected chi connectivity index (χ1v) is 8.40. The Hall–Kier alpha value is -3.09. The van der Waals surface area contributed by atoms with E-state index in [0.29, 0.717) is 36.2 Å². The van der Waals surface area contributed by atoms with Crippen molar-refractivity contribution in [3.8, 4) is 28.7 Å². The Labute approximate surface area is 150 Å². The third kappa shape index (κ3) is 3.46. The van der Waals surface area contributed by atoms with Gasteiger partial charge in [0.15, 0.2) is 29.6 Å². The number of carbonyl (C=O) groups is 1. The van der Waals surface area contributed by atoms with E-state index in [2.05, 4.69) is 5.32 Å². The minimum Gasteiger partial charge on any atom is -0.486 e. The number of ether oxygens (including phenoxy) is 5. The van der Waals surface area contributed by atoms with Crippen LogP contribution < -0.4 is 29.0 Å². The molecule has 0 aromatic heterocycles. The van der Waals surface area contributed by atoms with Crippen LogP contribution in [0.25, 0.3) is 0 Å². The second-order valence-corrected chi connectivity index (χ2v) is 6.00. The summed E-state index contributed by atoms with van der Waals surface area (Å²) in [6.45, 7) is 3.10. The molecule has 2 aromatic rings. The van der Waals surface area contributed by atoms with Crippen LogP contribution in [0.2, 0.25) is 0 Å². The molecule has 7 nitrogen and oxygen atoms in total. The molecule has 2 aliphatic heterocycles. The van der Waals surface area contributed by atoms with Gasteiger partial charge in [-0.1, -0.05) is 6.07 Å². The average Bonchev–Trinajstić information content (AvgIpc) is 3.13. The van der Waals surface area contributed by atoms with Crippen molar-refractivity contribution in [3.63, 3.8) is 0 Å². The Balaban J connectivity index is 1.33. The van der Waals surface area contributed by atoms with Crippen LogP contribution in [0, 0.1) is 0 Å². The summed E-state index contributed by atoms with van der Waals surface area (Å²) >= 11 is 0. The van der Waals surface area contributed by atoms with E-state index in [9.17, 15) is 4.79 Å². The lowest BCUT2D eigenvalue weighted by molar-refractivity contribution is -0.123. The SMILES string of the molecule is C[C@H](NC(=O)COc1ccc2c(c1)OCO2)c1ccc2c(c1)OCCO2. The number of hydrogen-bond donors (Lipinski definition) is 1. The highest BCUT2D eigenvalue weighted by Crippen LogP contribution is 2.35. The first kappa shape index (κ1) is 16.4. The lowest BCUT2D eigenvalue weighted by Gasteiger charge is -2.21. The van der Waals surface area contributed by atoms with Gasteiger partial charge in [0, 0.05) is 6.07 Å². The van der Waals surface area contributed by atoms with E-state index in [4.69, 9.17) is 23.7 Å². The highest BCUT2D eigenvalue weighted by Gasteiger charge is 2.17. The molecule has 1 N–H and O–H groups in total. The highest BCUT2D eigenvalue weighted by atomic mass is 16.7. The summed E-state index contributed by atoms with van der Waals surface area (Å²) in [6, 6.07) is 10.7. The summed E-state index contributed by atoms with van der Waals surface area (Å²) in [5.74, 6) is 3.05. The van der Waals surface area contributed by atoms with Gasteiger partial charge in [0.05, 0.1) is 6.04 Å². The molecule has 7 heteroatoms. The van der Waals surface area contributed by atoms with Crippen molar-refractivity contribution >= 4 is 5.91 Å². The molecule has 4 rings (SSSR count). The summed E-state index contributed by atoms with van der Waals surface area (Å²) in [5, 5.41) is 2.91. The van der Waals surface area contributed by atoms with Crippen LogP contribution in [0.4, 0.5) is 0 Å². The summed E-state index contributed by atoms with van der Waals surface area (Å²) in [4.78, 5) is 12.2. The van der Waals surface area contributed by atoms with Gasteiger partial charge in [-0.15, -0.1) is 0 Å². The second kappa shape index (κ2) is 7.03. The van der Waals surface area contributed by atoms with Crippen LogP contribution >= 0.6 is 0 Å². The Morgan fingerprint density at radius 1 is 1.00 bits per heavy atom. The molecular formula is C19H19NO6. The van der Waals surface area contributed by atoms with Crippen molar-refractivity contribution in [2.24, 2.45) is 0 Å². The normalized spacial score (nSPS) is 15.3. The summed E-state index contributed by atoms with van der Waals surface area (Å²) in [7, 11) is 0. The van der Waals surface area contributed by atoms with Gasteiger partial charge >= 0.3 is 0 Å². The molecule has 2 heterocycles. The predicted octanol–water partition coefficient (Wildman–Crippen LogP) is 2.44. The number of nitrogens with one attached hydrogen (secondary N) is 1. The largest absolute Gasteiger partial charge is 0.486 e. The van der Waals surface area contributed by atoms with E-state index >= 15 is 0 Å². The number of rotatable bonds is 5. The van der Waals surface area contributed by atoms with Gasteiger partial charge in [-0.05, 0) is 36.8 Å². The molecule has 2 aromatic carbocycles. The van der Waals surface area contributed by atoms with Crippen molar-refractivity contribution in [2.45, 2.75) is 13.0 Å². The van der Waals surface area contributed by atoms with Crippen LogP contribution in [-0.2, 0) is 4.79 Å². The van der Waals surface area contributed by atoms with Crippen LogP contribution in [0.3, 0.4) is 0 Å². The molecule has 1 amide bonds. The monoisotopic (exact) mass is 357 g/mol. The Morgan fingerprint density at radius 3 is 2.58 bits per heavy atom. The number of hydrogen-bond acceptors (Lipinski definition) is 6. The van der Waals surface area contributed by atoms with E-state index < -0.39 is 0 Å². The van der Waals surface area contributed by atoms with Crippen molar-refractivity contribution in [2.75, 3.05) is 26.6 Å². The van der Waals surface area contributed by atoms with E-state index in [1.54, 1.807) is 18.2 Å². The molecule has 136 valence electrons. The Bertz CT molecular complexity index is 822. The lowest BCUT2D eigenvalue weighted by Crippen LogP contribution is -2.31. The van der Waals surface area contributed by atoms with Gasteiger partial charge in [0.25, 0.3) is 5.91 Å². The summed E-state index contributed by atoms with van der Waals surface area (Å²) < 4.78 is 27.1. The molecule has 0 saturated heterocycles. The molecule has 0 saturated carbocycles. The lowest BCUT2D eigenvalue weighted by atomic mass is 10.1. The molecule has 1 atom stereocenters. The fourth-order valence-corrected chi connectivity index (χ4v) is 2.81. The molecule has 0 unspecified atom stereocenters. The van der Waals surface area contributed by atoms with Crippen LogP contribution in [0.15, 0.2) is 36.4 Å². The smallest absolute Gasteiger partial charge is 0.258 e. The van der Waals surface area contributed by atoms with E-state index in [1.165, 1.54) is 0 Å². The standard InChI is InChI=1S/C19H19NO6/c1-12(13-2-4-15-17(8-13)23-7-6-22-15)20-19(21)10-24-14-3-5-16-18(9-14)26-11-25-16/h2-5,8-9,12H,6-7,10-11H2,1H3,(H,20,21)/t12-/m0/s1. The number of fused-ring (bicyclic) bond motifs is 2. The molecule has 0 bridgehead atoms. The number of benzene rings is 2. The van der Waals surface area contributed by atoms with Crippen LogP contribution in [0.1, 0.15) is 18.5 Å². The topological polar surface area (TPSA) is 75.3 Å². The van der Waals surface area contributed by atoms with Gasteiger partial charge in [0.2, 0.25) is 6.79 Å². The van der Waals surface area contributed by atoms with Gasteiger partial charge in [-0.25, -0.2) is 0 Å². The first-order chi connectivity index (χ1) is 12.7. The fourth-order valence-electron chi connectivity index (χ4n) is 2.81. The van der Waals surface area contributed by atoms with Crippen molar-refractivity contribution in [1.82, 2.24) is 5.32 Å². The predicted molar refractivity (Wildman–Crippen MR) is 92.0 cm³/mol. The molecule has 0 spiro atoms. The Morgan fingerprint density at radius 2 is 1.69 bits per heavy atom. The summed E-state index contributed by atoms with van der Waals surface area (Å²) in [5.41, 5.74) is 0.936. The van der Waals surface area contributed by atoms with Crippen molar-refractivity contribution in [1.29, 1.82) is 0 Å². The van der Waals surface area contributed by atoms with Gasteiger partial charge in [-0.2, -0.15) is 0 Å². The van der Waals surface area contributed by atoms with Gasteiger partial charge in [0.1, 0.15) is 19.0 Å². The van der Waals surface area contributed by atoms with Crippen LogP contribution in [-0.4, -0.2) is 32.5 Å². The fraction of sp³-hybridized carbons (Fsp3) is 0.316. The van der Waals surface area contributed by atoms with Crippen molar-refractivity contribution < 1.29 is 28.5 Å². The highest BCUT2D eigenvalue weighted by molar-refractivity contribution is 5.78. The van der Waals surface area contributed by atoms with Crippen LogP contribution in [0.5, 0.6) is 28.7 Å². The van der Waals surface area contributed by atoms with E-state index in [0.717, 1.165) is 11.3 Å². The zero-order valence-corrected chi connectivity index (χ0v) is 14.3. The second-order valence-electron chi connectivity index (χ2n) is 6.00. The minimum absolute atomic E-state index is 0.0888. The molecule has 0 aliphatic carbocycles. The molecule has 0 fully saturated rings. The molecule has 26 heavy (non-hydrogen) atoms. The van der Waals surface area contributed by atoms with E-state index in [-0.39, 0.29) is 25.3 Å². The maximum Gasteiger partial charge on any atom is 0.258 e.